The Bertz CT molecular complexity index is 1460. The molecule has 2 aliphatic heterocycles. The number of phenols is 1. The lowest BCUT2D eigenvalue weighted by Gasteiger charge is -2.60. The van der Waals surface area contributed by atoms with E-state index in [0.29, 0.717) is 29.8 Å². The second-order valence-corrected chi connectivity index (χ2v) is 13.4. The fourth-order valence-corrected chi connectivity index (χ4v) is 8.49. The first-order valence-corrected chi connectivity index (χ1v) is 15.3. The zero-order valence-electron chi connectivity index (χ0n) is 24.1. The number of ether oxygens (including phenoxy) is 1. The summed E-state index contributed by atoms with van der Waals surface area (Å²) in [5, 5.41) is 11.0. The van der Waals surface area contributed by atoms with Crippen molar-refractivity contribution in [2.45, 2.75) is 82.2 Å². The van der Waals surface area contributed by atoms with Crippen molar-refractivity contribution in [3.8, 4) is 23.3 Å². The van der Waals surface area contributed by atoms with Crippen LogP contribution < -0.4 is 4.74 Å². The van der Waals surface area contributed by atoms with Gasteiger partial charge in [-0.2, -0.15) is 13.2 Å². The molecule has 42 heavy (non-hydrogen) atoms. The topological polar surface area (TPSA) is 53.0 Å². The van der Waals surface area contributed by atoms with Crippen LogP contribution >= 0.6 is 0 Å². The van der Waals surface area contributed by atoms with Gasteiger partial charge in [-0.1, -0.05) is 19.8 Å². The molecular weight excluding hydrogens is 541 g/mol. The maximum Gasteiger partial charge on any atom is 0.416 e. The molecule has 222 valence electrons. The molecule has 1 saturated heterocycles. The molecule has 2 bridgehead atoms. The van der Waals surface area contributed by atoms with Gasteiger partial charge in [0.15, 0.2) is 0 Å². The molecule has 5 atom stereocenters. The maximum atomic E-state index is 13.8. The molecule has 5 aliphatic rings. The first-order chi connectivity index (χ1) is 20.1. The van der Waals surface area contributed by atoms with Crippen LogP contribution in [-0.4, -0.2) is 58.6 Å². The van der Waals surface area contributed by atoms with Crippen LogP contribution in [0.25, 0.3) is 0 Å². The highest BCUT2D eigenvalue weighted by atomic mass is 19.4. The summed E-state index contributed by atoms with van der Waals surface area (Å²) in [6, 6.07) is 8.42. The first-order valence-electron chi connectivity index (χ1n) is 15.3. The largest absolute Gasteiger partial charge is 0.508 e. The fraction of sp³-hybridized carbons (Fsp3) is 0.559. The Morgan fingerprint density at radius 3 is 2.60 bits per heavy atom. The number of phenolic OH excluding ortho intramolecular Hbond substituents is 1. The molecule has 1 spiro atoms. The molecule has 0 radical (unpaired) electrons. The van der Waals surface area contributed by atoms with Crippen molar-refractivity contribution < 1.29 is 27.8 Å². The molecule has 7 rings (SSSR count). The lowest BCUT2D eigenvalue weighted by Crippen LogP contribution is -2.69. The van der Waals surface area contributed by atoms with Crippen molar-refractivity contribution in [1.82, 2.24) is 9.80 Å². The van der Waals surface area contributed by atoms with E-state index in [2.05, 4.69) is 30.6 Å². The number of piperidine rings is 1. The molecular formula is C34H37F3N2O3. The van der Waals surface area contributed by atoms with E-state index in [9.17, 15) is 23.1 Å². The number of halogens is 3. The Balaban J connectivity index is 1.22. The van der Waals surface area contributed by atoms with E-state index >= 15 is 0 Å². The van der Waals surface area contributed by atoms with Crippen LogP contribution in [0.1, 0.15) is 68.2 Å². The normalized spacial score (nSPS) is 29.4. The van der Waals surface area contributed by atoms with Gasteiger partial charge in [0.1, 0.15) is 17.6 Å². The monoisotopic (exact) mass is 578 g/mol. The van der Waals surface area contributed by atoms with E-state index in [1.165, 1.54) is 25.0 Å². The summed E-state index contributed by atoms with van der Waals surface area (Å²) in [5.41, 5.74) is 1.55. The van der Waals surface area contributed by atoms with Gasteiger partial charge in [0.05, 0.1) is 11.6 Å². The van der Waals surface area contributed by atoms with Crippen LogP contribution in [0.2, 0.25) is 0 Å². The highest BCUT2D eigenvalue weighted by molar-refractivity contribution is 5.94. The summed E-state index contributed by atoms with van der Waals surface area (Å²) in [6.07, 6.45) is 1.51. The van der Waals surface area contributed by atoms with E-state index in [0.717, 1.165) is 73.7 Å². The number of amides is 1. The third-order valence-corrected chi connectivity index (χ3v) is 10.4. The van der Waals surface area contributed by atoms with Crippen LogP contribution in [0, 0.1) is 29.6 Å². The average molecular weight is 579 g/mol. The van der Waals surface area contributed by atoms with Gasteiger partial charge in [0, 0.05) is 47.2 Å². The molecule has 0 aromatic heterocycles. The Kier molecular flexibility index (Phi) is 6.54. The van der Waals surface area contributed by atoms with Gasteiger partial charge in [0.2, 0.25) is 0 Å². The third-order valence-electron chi connectivity index (χ3n) is 10.4. The predicted octanol–water partition coefficient (Wildman–Crippen LogP) is 5.77. The van der Waals surface area contributed by atoms with Crippen molar-refractivity contribution in [1.29, 1.82) is 0 Å². The van der Waals surface area contributed by atoms with Crippen molar-refractivity contribution in [3.63, 3.8) is 0 Å². The summed E-state index contributed by atoms with van der Waals surface area (Å²) in [4.78, 5) is 18.3. The van der Waals surface area contributed by atoms with Gasteiger partial charge >= 0.3 is 6.18 Å². The van der Waals surface area contributed by atoms with Gasteiger partial charge in [-0.25, -0.2) is 0 Å². The Labute approximate surface area is 245 Å². The average Bonchev–Trinajstić information content (AvgIpc) is 3.71. The number of benzene rings is 2. The zero-order valence-corrected chi connectivity index (χ0v) is 24.1. The number of alkyl halides is 3. The van der Waals surface area contributed by atoms with Gasteiger partial charge in [-0.05, 0) is 99.2 Å². The molecule has 3 fully saturated rings. The predicted molar refractivity (Wildman–Crippen MR) is 152 cm³/mol. The number of hydrogen-bond donors (Lipinski definition) is 1. The van der Waals surface area contributed by atoms with Crippen molar-refractivity contribution in [2.24, 2.45) is 17.8 Å². The van der Waals surface area contributed by atoms with Crippen molar-refractivity contribution in [2.75, 3.05) is 19.6 Å². The molecule has 2 saturated carbocycles. The number of likely N-dealkylation sites (tertiary alicyclic amines) is 1. The van der Waals surface area contributed by atoms with Gasteiger partial charge in [-0.15, -0.1) is 0 Å². The van der Waals surface area contributed by atoms with Gasteiger partial charge in [0.25, 0.3) is 5.91 Å². The smallest absolute Gasteiger partial charge is 0.416 e. The van der Waals surface area contributed by atoms with E-state index in [-0.39, 0.29) is 29.4 Å². The molecule has 2 aromatic rings. The Hall–Kier alpha value is -3.18. The summed E-state index contributed by atoms with van der Waals surface area (Å²) < 4.78 is 45.8. The number of aromatic hydroxyl groups is 1. The molecule has 0 unspecified atom stereocenters. The molecule has 2 aromatic carbocycles. The lowest BCUT2D eigenvalue weighted by atomic mass is 9.50. The molecule has 3 aliphatic carbocycles. The number of carbonyl (C=O) groups excluding carboxylic acids is 1. The van der Waals surface area contributed by atoms with Crippen LogP contribution in [0.3, 0.4) is 0 Å². The van der Waals surface area contributed by atoms with Crippen LogP contribution in [0.5, 0.6) is 11.5 Å². The quantitative estimate of drug-likeness (QED) is 0.458. The Morgan fingerprint density at radius 2 is 1.90 bits per heavy atom. The molecule has 2 heterocycles. The summed E-state index contributed by atoms with van der Waals surface area (Å²) in [7, 11) is 0. The van der Waals surface area contributed by atoms with Crippen LogP contribution in [0.4, 0.5) is 13.2 Å². The summed E-state index contributed by atoms with van der Waals surface area (Å²) >= 11 is 0. The van der Waals surface area contributed by atoms with Crippen LogP contribution in [0.15, 0.2) is 36.4 Å². The number of nitrogens with zero attached hydrogens (tertiary/aromatic N) is 2. The minimum atomic E-state index is -4.42. The first kappa shape index (κ1) is 27.6. The van der Waals surface area contributed by atoms with E-state index < -0.39 is 11.7 Å². The zero-order chi connectivity index (χ0) is 29.4. The SMILES string of the molecule is CC(C)CN(C(=O)C#Cc1ccc(C(F)(F)F)cc1)[C@@H]1CC[C@H]2[C@H]3Cc4c(O)ccc5c4[C@@]2(CCN3CC2CC2)[C@H]1O5. The second-order valence-electron chi connectivity index (χ2n) is 13.4. The minimum absolute atomic E-state index is 0.186. The number of hydrogen-bond acceptors (Lipinski definition) is 4. The van der Waals surface area contributed by atoms with E-state index in [1.54, 1.807) is 6.07 Å². The third kappa shape index (κ3) is 4.47. The summed E-state index contributed by atoms with van der Waals surface area (Å²) in [5.74, 6) is 7.79. The van der Waals surface area contributed by atoms with Gasteiger partial charge in [-0.3, -0.25) is 9.69 Å². The molecule has 8 heteroatoms. The van der Waals surface area contributed by atoms with Crippen molar-refractivity contribution in [3.05, 3.63) is 58.7 Å². The lowest BCUT2D eigenvalue weighted by molar-refractivity contribution is -0.138. The highest BCUT2D eigenvalue weighted by Crippen LogP contribution is 2.64. The van der Waals surface area contributed by atoms with E-state index in [1.807, 2.05) is 11.0 Å². The fourth-order valence-electron chi connectivity index (χ4n) is 8.49. The second kappa shape index (κ2) is 9.94. The van der Waals surface area contributed by atoms with Crippen molar-refractivity contribution >= 4 is 5.91 Å². The standard InChI is InChI=1S/C34H37F3N2O3/c1-20(2)18-39(30(41)14-7-21-5-8-23(9-6-21)34(35,36)37)26-11-10-25-27-17-24-28(40)12-13-29-31(24)33(25,32(26)42-29)15-16-38(27)19-22-3-4-22/h5-6,8-9,12-13,20,22,25-27,32,40H,3-4,10-11,15-19H2,1-2H3/t25-,26+,27+,32-,33-/m0/s1. The minimum Gasteiger partial charge on any atom is -0.508 e. The van der Waals surface area contributed by atoms with Gasteiger partial charge < -0.3 is 14.7 Å². The number of carbonyl (C=O) groups is 1. The highest BCUT2D eigenvalue weighted by Gasteiger charge is 2.66. The summed E-state index contributed by atoms with van der Waals surface area (Å²) in [6.45, 7) is 6.77. The maximum absolute atomic E-state index is 13.8. The molecule has 1 amide bonds. The number of rotatable bonds is 5. The van der Waals surface area contributed by atoms with Crippen LogP contribution in [-0.2, 0) is 22.8 Å². The van der Waals surface area contributed by atoms with E-state index in [4.69, 9.17) is 4.74 Å². The molecule has 1 N–H and O–H groups in total. The molecule has 5 nitrogen and oxygen atoms in total. The Morgan fingerprint density at radius 1 is 1.14 bits per heavy atom.